The van der Waals surface area contributed by atoms with Crippen LogP contribution in [-0.4, -0.2) is 28.1 Å². The Morgan fingerprint density at radius 3 is 2.42 bits per heavy atom. The number of carbonyl (C=O) groups excluding carboxylic acids is 1. The SMILES string of the molecule is CC(CC1CCCCC1)C(=O)O.C[C@]12CC[C@H]3[C@@H](CCC4=CC(=O)CC[C@@]43C)[C@@H]1CC[C@@H]2O. The van der Waals surface area contributed by atoms with Crippen LogP contribution < -0.4 is 0 Å². The summed E-state index contributed by atoms with van der Waals surface area (Å²) in [6, 6.07) is 0. The highest BCUT2D eigenvalue weighted by Crippen LogP contribution is 2.65. The van der Waals surface area contributed by atoms with Gasteiger partial charge in [-0.2, -0.15) is 0 Å². The molecule has 1 unspecified atom stereocenters. The maximum atomic E-state index is 11.8. The first kappa shape index (κ1) is 24.9. The van der Waals surface area contributed by atoms with Gasteiger partial charge < -0.3 is 10.2 Å². The third-order valence-electron chi connectivity index (χ3n) is 10.7. The number of carboxylic acids is 1. The Balaban J connectivity index is 0.000000185. The van der Waals surface area contributed by atoms with Crippen LogP contribution in [0.3, 0.4) is 0 Å². The van der Waals surface area contributed by atoms with Crippen LogP contribution in [0.4, 0.5) is 0 Å². The number of allylic oxidation sites excluding steroid dienone is 1. The van der Waals surface area contributed by atoms with Crippen LogP contribution in [0.2, 0.25) is 0 Å². The van der Waals surface area contributed by atoms with E-state index in [1.165, 1.54) is 63.4 Å². The smallest absolute Gasteiger partial charge is 0.306 e. The second-order valence-electron chi connectivity index (χ2n) is 12.6. The van der Waals surface area contributed by atoms with Crippen LogP contribution in [0.15, 0.2) is 11.6 Å². The van der Waals surface area contributed by atoms with Gasteiger partial charge in [0.15, 0.2) is 5.78 Å². The molecule has 0 radical (unpaired) electrons. The largest absolute Gasteiger partial charge is 0.481 e. The number of fused-ring (bicyclic) bond motifs is 5. The molecule has 0 spiro atoms. The molecule has 0 saturated heterocycles. The van der Waals surface area contributed by atoms with Crippen molar-refractivity contribution in [3.8, 4) is 0 Å². The fourth-order valence-corrected chi connectivity index (χ4v) is 8.56. The maximum Gasteiger partial charge on any atom is 0.306 e. The van der Waals surface area contributed by atoms with Gasteiger partial charge in [-0.25, -0.2) is 0 Å². The molecule has 0 aromatic rings. The zero-order chi connectivity index (χ0) is 23.8. The van der Waals surface area contributed by atoms with Crippen LogP contribution in [-0.2, 0) is 9.59 Å². The fourth-order valence-electron chi connectivity index (χ4n) is 8.56. The summed E-state index contributed by atoms with van der Waals surface area (Å²) in [7, 11) is 0. The molecule has 0 aliphatic heterocycles. The molecule has 0 aromatic carbocycles. The average molecular weight is 459 g/mol. The minimum atomic E-state index is -0.638. The molecule has 0 amide bonds. The molecule has 0 aromatic heterocycles. The van der Waals surface area contributed by atoms with Crippen LogP contribution in [0.1, 0.15) is 111 Å². The number of rotatable bonds is 3. The summed E-state index contributed by atoms with van der Waals surface area (Å²) >= 11 is 0. The standard InChI is InChI=1S/C19H28O2.C10H18O2/c1-18-9-7-13(20)11-12(18)3-4-14-15-5-6-17(21)19(15,2)10-8-16(14)18;1-8(10(11)12)7-9-5-3-2-4-6-9/h11,14-17,21H,3-10H2,1-2H3;8-9H,2-7H2,1H3,(H,11,12)/t14-,15-,16-,17-,18-,19-;/m0./s1. The number of hydrogen-bond donors (Lipinski definition) is 2. The van der Waals surface area contributed by atoms with E-state index in [1.54, 1.807) is 0 Å². The average Bonchev–Trinajstić information content (AvgIpc) is 3.10. The van der Waals surface area contributed by atoms with E-state index >= 15 is 0 Å². The van der Waals surface area contributed by atoms with Gasteiger partial charge in [-0.1, -0.05) is 58.4 Å². The van der Waals surface area contributed by atoms with E-state index in [0.29, 0.717) is 17.6 Å². The van der Waals surface area contributed by atoms with Crippen molar-refractivity contribution < 1.29 is 19.8 Å². The highest BCUT2D eigenvalue weighted by Gasteiger charge is 2.58. The van der Waals surface area contributed by atoms with Crippen molar-refractivity contribution >= 4 is 11.8 Å². The van der Waals surface area contributed by atoms with E-state index in [1.807, 2.05) is 13.0 Å². The van der Waals surface area contributed by atoms with Crippen molar-refractivity contribution in [3.05, 3.63) is 11.6 Å². The molecule has 0 heterocycles. The number of aliphatic carboxylic acids is 1. The molecule has 5 aliphatic carbocycles. The monoisotopic (exact) mass is 458 g/mol. The Labute approximate surface area is 200 Å². The second-order valence-corrected chi connectivity index (χ2v) is 12.6. The highest BCUT2D eigenvalue weighted by molar-refractivity contribution is 5.91. The molecule has 2 N–H and O–H groups in total. The van der Waals surface area contributed by atoms with Crippen LogP contribution in [0.25, 0.3) is 0 Å². The molecule has 5 aliphatic rings. The first-order valence-electron chi connectivity index (χ1n) is 13.8. The first-order chi connectivity index (χ1) is 15.6. The minimum absolute atomic E-state index is 0.0823. The van der Waals surface area contributed by atoms with Gasteiger partial charge in [0.25, 0.3) is 0 Å². The van der Waals surface area contributed by atoms with E-state index in [9.17, 15) is 14.7 Å². The topological polar surface area (TPSA) is 74.6 Å². The molecule has 0 bridgehead atoms. The Bertz CT molecular complexity index is 766. The Hall–Kier alpha value is -1.16. The van der Waals surface area contributed by atoms with E-state index < -0.39 is 5.97 Å². The normalized spacial score (nSPS) is 41.6. The van der Waals surface area contributed by atoms with Gasteiger partial charge in [-0.3, -0.25) is 9.59 Å². The number of aliphatic hydroxyl groups is 1. The lowest BCUT2D eigenvalue weighted by Crippen LogP contribution is -2.51. The predicted molar refractivity (Wildman–Crippen MR) is 131 cm³/mol. The summed E-state index contributed by atoms with van der Waals surface area (Å²) in [6.45, 7) is 6.58. The van der Waals surface area contributed by atoms with Gasteiger partial charge in [0.05, 0.1) is 12.0 Å². The molecule has 33 heavy (non-hydrogen) atoms. The molecule has 4 fully saturated rings. The Morgan fingerprint density at radius 1 is 1.00 bits per heavy atom. The lowest BCUT2D eigenvalue weighted by atomic mass is 9.47. The van der Waals surface area contributed by atoms with E-state index in [4.69, 9.17) is 5.11 Å². The first-order valence-corrected chi connectivity index (χ1v) is 13.8. The molecule has 4 heteroatoms. The summed E-state index contributed by atoms with van der Waals surface area (Å²) in [4.78, 5) is 22.4. The predicted octanol–water partition coefficient (Wildman–Crippen LogP) is 6.56. The zero-order valence-electron chi connectivity index (χ0n) is 21.2. The minimum Gasteiger partial charge on any atom is -0.481 e. The van der Waals surface area contributed by atoms with Crippen molar-refractivity contribution in [3.63, 3.8) is 0 Å². The lowest BCUT2D eigenvalue weighted by molar-refractivity contribution is -0.141. The molecule has 4 nitrogen and oxygen atoms in total. The fraction of sp³-hybridized carbons (Fsp3) is 0.862. The number of ketones is 1. The summed E-state index contributed by atoms with van der Waals surface area (Å²) < 4.78 is 0. The maximum absolute atomic E-state index is 11.8. The zero-order valence-corrected chi connectivity index (χ0v) is 21.2. The van der Waals surface area contributed by atoms with Gasteiger partial charge in [-0.05, 0) is 91.9 Å². The molecule has 186 valence electrons. The van der Waals surface area contributed by atoms with Crippen LogP contribution >= 0.6 is 0 Å². The third-order valence-corrected chi connectivity index (χ3v) is 10.7. The van der Waals surface area contributed by atoms with Crippen molar-refractivity contribution in [1.29, 1.82) is 0 Å². The second kappa shape index (κ2) is 9.84. The summed E-state index contributed by atoms with van der Waals surface area (Å²) in [5.41, 5.74) is 1.89. The van der Waals surface area contributed by atoms with Crippen molar-refractivity contribution in [2.24, 2.45) is 40.4 Å². The number of carbonyl (C=O) groups is 2. The highest BCUT2D eigenvalue weighted by atomic mass is 16.4. The van der Waals surface area contributed by atoms with Crippen molar-refractivity contribution in [1.82, 2.24) is 0 Å². The summed E-state index contributed by atoms with van der Waals surface area (Å²) in [5, 5.41) is 19.2. The number of carboxylic acid groups (broad SMARTS) is 1. The molecular weight excluding hydrogens is 412 g/mol. The summed E-state index contributed by atoms with van der Waals surface area (Å²) in [6.07, 6.45) is 18.0. The molecule has 4 saturated carbocycles. The van der Waals surface area contributed by atoms with Crippen LogP contribution in [0, 0.1) is 40.4 Å². The third kappa shape index (κ3) is 4.83. The van der Waals surface area contributed by atoms with Crippen molar-refractivity contribution in [2.75, 3.05) is 0 Å². The van der Waals surface area contributed by atoms with E-state index in [2.05, 4.69) is 13.8 Å². The Kier molecular flexibility index (Phi) is 7.44. The van der Waals surface area contributed by atoms with Gasteiger partial charge >= 0.3 is 5.97 Å². The number of hydrogen-bond acceptors (Lipinski definition) is 3. The molecular formula is C29H46O4. The Morgan fingerprint density at radius 2 is 1.73 bits per heavy atom. The molecule has 5 rings (SSSR count). The van der Waals surface area contributed by atoms with Gasteiger partial charge in [-0.15, -0.1) is 0 Å². The van der Waals surface area contributed by atoms with Crippen molar-refractivity contribution in [2.45, 2.75) is 117 Å². The summed E-state index contributed by atoms with van der Waals surface area (Å²) in [5.74, 6) is 2.48. The number of aliphatic hydroxyl groups excluding tert-OH is 1. The molecule has 7 atom stereocenters. The van der Waals surface area contributed by atoms with Gasteiger partial charge in [0, 0.05) is 6.42 Å². The quantitative estimate of drug-likeness (QED) is 0.502. The van der Waals surface area contributed by atoms with Crippen LogP contribution in [0.5, 0.6) is 0 Å². The lowest BCUT2D eigenvalue weighted by Gasteiger charge is -2.57. The van der Waals surface area contributed by atoms with E-state index in [0.717, 1.165) is 43.9 Å². The van der Waals surface area contributed by atoms with Gasteiger partial charge in [0.2, 0.25) is 0 Å². The van der Waals surface area contributed by atoms with E-state index in [-0.39, 0.29) is 22.9 Å². The van der Waals surface area contributed by atoms with Gasteiger partial charge in [0.1, 0.15) is 0 Å².